The average molecular weight is 288 g/mol. The third-order valence-corrected chi connectivity index (χ3v) is 4.75. The molecule has 0 aliphatic heterocycles. The van der Waals surface area contributed by atoms with Gasteiger partial charge in [0.25, 0.3) is 0 Å². The molecule has 21 heavy (non-hydrogen) atoms. The Morgan fingerprint density at radius 2 is 2.19 bits per heavy atom. The molecule has 0 saturated heterocycles. The molecule has 2 fully saturated rings. The summed E-state index contributed by atoms with van der Waals surface area (Å²) in [6.07, 6.45) is 5.73. The second-order valence-corrected chi connectivity index (χ2v) is 6.16. The molecule has 3 unspecified atom stereocenters. The number of halogens is 1. The molecule has 2 aliphatic rings. The van der Waals surface area contributed by atoms with E-state index in [0.29, 0.717) is 30.3 Å². The zero-order valence-corrected chi connectivity index (χ0v) is 12.1. The summed E-state index contributed by atoms with van der Waals surface area (Å²) in [6.45, 7) is 0.704. The Balaban J connectivity index is 1.57. The minimum absolute atomic E-state index is 0.000632. The maximum absolute atomic E-state index is 13.9. The third-order valence-electron chi connectivity index (χ3n) is 4.75. The minimum Gasteiger partial charge on any atom is -0.493 e. The van der Waals surface area contributed by atoms with Crippen LogP contribution in [0.5, 0.6) is 5.75 Å². The summed E-state index contributed by atoms with van der Waals surface area (Å²) in [6, 6.07) is 4.84. The summed E-state index contributed by atoms with van der Waals surface area (Å²) in [5.74, 6) is 8.05. The smallest absolute Gasteiger partial charge is 0.142 e. The van der Waals surface area contributed by atoms with E-state index in [9.17, 15) is 4.39 Å². The van der Waals surface area contributed by atoms with Crippen molar-refractivity contribution in [3.8, 4) is 17.6 Å². The van der Waals surface area contributed by atoms with Crippen LogP contribution in [0.4, 0.5) is 4.39 Å². The predicted octanol–water partition coefficient (Wildman–Crippen LogP) is 3.37. The number of rotatable bonds is 4. The molecule has 1 aromatic rings. The summed E-state index contributed by atoms with van der Waals surface area (Å²) in [7, 11) is 0. The first-order valence-corrected chi connectivity index (χ1v) is 7.78. The summed E-state index contributed by atoms with van der Waals surface area (Å²) in [4.78, 5) is 0. The zero-order valence-electron chi connectivity index (χ0n) is 12.1. The van der Waals surface area contributed by atoms with Crippen molar-refractivity contribution in [3.05, 3.63) is 29.6 Å². The van der Waals surface area contributed by atoms with Crippen molar-refractivity contribution in [2.45, 2.75) is 32.1 Å². The van der Waals surface area contributed by atoms with E-state index in [1.54, 1.807) is 12.1 Å². The lowest BCUT2D eigenvalue weighted by atomic mass is 9.89. The van der Waals surface area contributed by atoms with Crippen molar-refractivity contribution >= 4 is 0 Å². The van der Waals surface area contributed by atoms with E-state index in [-0.39, 0.29) is 12.4 Å². The van der Waals surface area contributed by atoms with E-state index in [1.807, 2.05) is 0 Å². The molecule has 0 amide bonds. The first-order valence-electron chi connectivity index (χ1n) is 7.78. The molecule has 0 aromatic heterocycles. The monoisotopic (exact) mass is 288 g/mol. The number of fused-ring (bicyclic) bond motifs is 2. The van der Waals surface area contributed by atoms with Crippen LogP contribution < -0.4 is 4.74 Å². The van der Waals surface area contributed by atoms with Gasteiger partial charge in [-0.25, -0.2) is 4.39 Å². The van der Waals surface area contributed by atoms with Gasteiger partial charge in [0.15, 0.2) is 0 Å². The average Bonchev–Trinajstić information content (AvgIpc) is 3.10. The van der Waals surface area contributed by atoms with Crippen LogP contribution in [0.25, 0.3) is 0 Å². The maximum atomic E-state index is 13.9. The van der Waals surface area contributed by atoms with Crippen LogP contribution >= 0.6 is 0 Å². The highest BCUT2D eigenvalue weighted by Crippen LogP contribution is 2.48. The number of hydrogen-bond donors (Lipinski definition) is 1. The molecular formula is C18H21FO2. The highest BCUT2D eigenvalue weighted by Gasteiger charge is 2.39. The highest BCUT2D eigenvalue weighted by atomic mass is 19.1. The Morgan fingerprint density at radius 3 is 2.86 bits per heavy atom. The second kappa shape index (κ2) is 6.49. The summed E-state index contributed by atoms with van der Waals surface area (Å²) >= 11 is 0. The first kappa shape index (κ1) is 14.4. The number of ether oxygens (including phenoxy) is 1. The largest absolute Gasteiger partial charge is 0.493 e. The van der Waals surface area contributed by atoms with Crippen LogP contribution in [-0.4, -0.2) is 18.3 Å². The van der Waals surface area contributed by atoms with Gasteiger partial charge in [0.05, 0.1) is 18.8 Å². The van der Waals surface area contributed by atoms with Gasteiger partial charge < -0.3 is 9.84 Å². The van der Waals surface area contributed by atoms with Crippen molar-refractivity contribution in [2.24, 2.45) is 17.8 Å². The number of aliphatic hydroxyl groups is 1. The molecular weight excluding hydrogens is 267 g/mol. The molecule has 3 atom stereocenters. The fourth-order valence-electron chi connectivity index (χ4n) is 3.68. The first-order chi connectivity index (χ1) is 10.3. The summed E-state index contributed by atoms with van der Waals surface area (Å²) in [5, 5.41) is 8.66. The van der Waals surface area contributed by atoms with Crippen LogP contribution in [0.2, 0.25) is 0 Å². The SMILES string of the molecule is OCCC#Cc1ccc(OCC2CC3CCC2C3)cc1F. The maximum Gasteiger partial charge on any atom is 0.142 e. The number of aliphatic hydroxyl groups excluding tert-OH is 1. The van der Waals surface area contributed by atoms with Gasteiger partial charge in [-0.05, 0) is 49.1 Å². The van der Waals surface area contributed by atoms with E-state index in [4.69, 9.17) is 9.84 Å². The predicted molar refractivity (Wildman–Crippen MR) is 79.4 cm³/mol. The summed E-state index contributed by atoms with van der Waals surface area (Å²) in [5.41, 5.74) is 0.357. The second-order valence-electron chi connectivity index (χ2n) is 6.16. The fraction of sp³-hybridized carbons (Fsp3) is 0.556. The molecule has 2 nitrogen and oxygen atoms in total. The molecule has 3 heteroatoms. The molecule has 0 spiro atoms. The lowest BCUT2D eigenvalue weighted by Gasteiger charge is -2.21. The van der Waals surface area contributed by atoms with Crippen molar-refractivity contribution in [1.82, 2.24) is 0 Å². The highest BCUT2D eigenvalue weighted by molar-refractivity contribution is 5.39. The fourth-order valence-corrected chi connectivity index (χ4v) is 3.68. The van der Waals surface area contributed by atoms with Crippen LogP contribution in [0.3, 0.4) is 0 Å². The molecule has 1 N–H and O–H groups in total. The molecule has 1 aromatic carbocycles. The third kappa shape index (κ3) is 3.39. The minimum atomic E-state index is -0.356. The molecule has 2 saturated carbocycles. The Labute approximate surface area is 125 Å². The normalized spacial score (nSPS) is 26.5. The van der Waals surface area contributed by atoms with E-state index in [1.165, 1.54) is 31.7 Å². The lowest BCUT2D eigenvalue weighted by molar-refractivity contribution is 0.194. The molecule has 2 aliphatic carbocycles. The van der Waals surface area contributed by atoms with Crippen LogP contribution in [0.15, 0.2) is 18.2 Å². The van der Waals surface area contributed by atoms with Gasteiger partial charge in [-0.3, -0.25) is 0 Å². The quantitative estimate of drug-likeness (QED) is 0.861. The van der Waals surface area contributed by atoms with Gasteiger partial charge in [-0.1, -0.05) is 18.3 Å². The standard InChI is InChI=1S/C18H21FO2/c19-18-11-17(7-6-14(18)3-1-2-8-20)21-12-16-10-13-4-5-15(16)9-13/h6-7,11,13,15-16,20H,2,4-5,8-10,12H2. The van der Waals surface area contributed by atoms with Crippen LogP contribution in [0.1, 0.15) is 37.7 Å². The Hall–Kier alpha value is -1.53. The van der Waals surface area contributed by atoms with Crippen molar-refractivity contribution in [3.63, 3.8) is 0 Å². The topological polar surface area (TPSA) is 29.5 Å². The van der Waals surface area contributed by atoms with E-state index in [2.05, 4.69) is 11.8 Å². The van der Waals surface area contributed by atoms with Crippen LogP contribution in [-0.2, 0) is 0 Å². The van der Waals surface area contributed by atoms with E-state index >= 15 is 0 Å². The van der Waals surface area contributed by atoms with Gasteiger partial charge in [0, 0.05) is 12.5 Å². The van der Waals surface area contributed by atoms with Gasteiger partial charge in [0.2, 0.25) is 0 Å². The van der Waals surface area contributed by atoms with Gasteiger partial charge in [0.1, 0.15) is 11.6 Å². The molecule has 3 rings (SSSR count). The number of benzene rings is 1. The number of hydrogen-bond acceptors (Lipinski definition) is 2. The lowest BCUT2D eigenvalue weighted by Crippen LogP contribution is -2.18. The van der Waals surface area contributed by atoms with Crippen molar-refractivity contribution in [2.75, 3.05) is 13.2 Å². The Kier molecular flexibility index (Phi) is 4.45. The van der Waals surface area contributed by atoms with Gasteiger partial charge >= 0.3 is 0 Å². The van der Waals surface area contributed by atoms with Crippen molar-refractivity contribution < 1.29 is 14.2 Å². The molecule has 0 radical (unpaired) electrons. The Bertz CT molecular complexity index is 558. The van der Waals surface area contributed by atoms with Crippen LogP contribution in [0, 0.1) is 35.4 Å². The van der Waals surface area contributed by atoms with Crippen molar-refractivity contribution in [1.29, 1.82) is 0 Å². The molecule has 0 heterocycles. The zero-order chi connectivity index (χ0) is 14.7. The molecule has 112 valence electrons. The van der Waals surface area contributed by atoms with E-state index in [0.717, 1.165) is 11.8 Å². The molecule has 2 bridgehead atoms. The van der Waals surface area contributed by atoms with Gasteiger partial charge in [-0.2, -0.15) is 0 Å². The Morgan fingerprint density at radius 1 is 1.29 bits per heavy atom. The van der Waals surface area contributed by atoms with E-state index < -0.39 is 0 Å². The van der Waals surface area contributed by atoms with Gasteiger partial charge in [-0.15, -0.1) is 0 Å². The summed E-state index contributed by atoms with van der Waals surface area (Å²) < 4.78 is 19.7.